The van der Waals surface area contributed by atoms with Crippen molar-refractivity contribution in [2.45, 2.75) is 65.2 Å². The van der Waals surface area contributed by atoms with Gasteiger partial charge in [-0.15, -0.1) is 0 Å². The molecule has 0 saturated carbocycles. The van der Waals surface area contributed by atoms with Crippen LogP contribution in [-0.2, 0) is 10.8 Å². The fourth-order valence-corrected chi connectivity index (χ4v) is 8.70. The first kappa shape index (κ1) is 35.8. The Hall–Kier alpha value is -4.57. The SMILES string of the molecule is CCN1/C(=C/C=C/C=C2\CCC(/C=C/C3=[N+](CC)c4ccc(Cl)cc4C3(C)C)=C2N(c2ccccc2)c2ccccc2)C(C)(C)c2cc(Cl)ccc21. The monoisotopic (exact) mass is 724 g/mol. The smallest absolute Gasteiger partial charge is 0.209 e. The molecule has 52 heavy (non-hydrogen) atoms. The van der Waals surface area contributed by atoms with Gasteiger partial charge in [-0.3, -0.25) is 0 Å². The van der Waals surface area contributed by atoms with Crippen molar-refractivity contribution in [2.75, 3.05) is 22.9 Å². The Kier molecular flexibility index (Phi) is 9.95. The first-order valence-corrected chi connectivity index (χ1v) is 19.2. The molecule has 0 amide bonds. The van der Waals surface area contributed by atoms with Gasteiger partial charge in [0.1, 0.15) is 6.54 Å². The molecule has 5 heteroatoms. The molecule has 0 saturated heterocycles. The number of para-hydroxylation sites is 2. The molecule has 4 aromatic carbocycles. The molecule has 0 unspecified atom stereocenters. The van der Waals surface area contributed by atoms with Crippen molar-refractivity contribution in [3.05, 3.63) is 177 Å². The van der Waals surface area contributed by atoms with E-state index in [2.05, 4.69) is 177 Å². The number of hydrogen-bond acceptors (Lipinski definition) is 2. The summed E-state index contributed by atoms with van der Waals surface area (Å²) in [6, 6.07) is 34.1. The van der Waals surface area contributed by atoms with Crippen molar-refractivity contribution in [1.82, 2.24) is 0 Å². The number of anilines is 3. The molecule has 2 aliphatic heterocycles. The van der Waals surface area contributed by atoms with Gasteiger partial charge in [0.05, 0.1) is 11.1 Å². The van der Waals surface area contributed by atoms with Gasteiger partial charge >= 0.3 is 0 Å². The molecule has 3 aliphatic rings. The van der Waals surface area contributed by atoms with Crippen LogP contribution < -0.4 is 9.80 Å². The zero-order valence-electron chi connectivity index (χ0n) is 31.1. The second-order valence-corrected chi connectivity index (χ2v) is 15.7. The summed E-state index contributed by atoms with van der Waals surface area (Å²) >= 11 is 13.0. The van der Waals surface area contributed by atoms with E-state index in [9.17, 15) is 0 Å². The van der Waals surface area contributed by atoms with Crippen LogP contribution in [0.1, 0.15) is 65.5 Å². The summed E-state index contributed by atoms with van der Waals surface area (Å²) in [7, 11) is 0. The summed E-state index contributed by atoms with van der Waals surface area (Å²) < 4.78 is 2.44. The largest absolute Gasteiger partial charge is 0.344 e. The van der Waals surface area contributed by atoms with E-state index in [1.807, 2.05) is 12.1 Å². The number of fused-ring (bicyclic) bond motifs is 2. The predicted octanol–water partition coefficient (Wildman–Crippen LogP) is 13.0. The van der Waals surface area contributed by atoms with E-state index in [0.29, 0.717) is 0 Å². The minimum absolute atomic E-state index is 0.148. The molecule has 2 heterocycles. The average molecular weight is 726 g/mol. The van der Waals surface area contributed by atoms with E-state index in [4.69, 9.17) is 23.2 Å². The maximum atomic E-state index is 6.52. The Morgan fingerprint density at radius 3 is 1.96 bits per heavy atom. The summed E-state index contributed by atoms with van der Waals surface area (Å²) in [6.07, 6.45) is 15.7. The summed E-state index contributed by atoms with van der Waals surface area (Å²) in [5.41, 5.74) is 13.4. The van der Waals surface area contributed by atoms with Crippen LogP contribution in [-0.4, -0.2) is 23.4 Å². The van der Waals surface area contributed by atoms with Gasteiger partial charge in [0, 0.05) is 62.5 Å². The lowest BCUT2D eigenvalue weighted by molar-refractivity contribution is -0.433. The summed E-state index contributed by atoms with van der Waals surface area (Å²) in [5, 5.41) is 1.56. The Labute approximate surface area is 320 Å². The third-order valence-electron chi connectivity index (χ3n) is 11.0. The van der Waals surface area contributed by atoms with Crippen molar-refractivity contribution in [3.63, 3.8) is 0 Å². The molecule has 4 aromatic rings. The molecule has 0 spiro atoms. The normalized spacial score (nSPS) is 19.2. The van der Waals surface area contributed by atoms with Gasteiger partial charge in [0.15, 0.2) is 5.71 Å². The summed E-state index contributed by atoms with van der Waals surface area (Å²) in [6.45, 7) is 15.4. The third-order valence-corrected chi connectivity index (χ3v) is 11.4. The molecule has 0 fully saturated rings. The van der Waals surface area contributed by atoms with Gasteiger partial charge < -0.3 is 9.80 Å². The van der Waals surface area contributed by atoms with Crippen LogP contribution in [0.4, 0.5) is 22.7 Å². The lowest BCUT2D eigenvalue weighted by atomic mass is 9.81. The standard InChI is InChI=1S/C47H48Cl2N3/c1-7-50-41-28-26-35(48)31-39(41)46(3,4)43(50)22-16-15-17-33-23-24-34(45(33)52(37-18-11-9-12-19-37)38-20-13-10-14-21-38)25-30-44-47(5,6)40-32-36(49)27-29-42(40)51(44)8-2/h9-22,25-32H,7-8,23-24H2,1-6H3/q+1. The predicted molar refractivity (Wildman–Crippen MR) is 223 cm³/mol. The molecule has 7 rings (SSSR count). The molecule has 0 N–H and O–H groups in total. The van der Waals surface area contributed by atoms with Crippen LogP contribution in [0.15, 0.2) is 156 Å². The van der Waals surface area contributed by atoms with Gasteiger partial charge in [0.2, 0.25) is 5.69 Å². The van der Waals surface area contributed by atoms with Crippen LogP contribution in [0, 0.1) is 0 Å². The highest BCUT2D eigenvalue weighted by Crippen LogP contribution is 2.49. The number of hydrogen-bond donors (Lipinski definition) is 0. The molecule has 264 valence electrons. The van der Waals surface area contributed by atoms with Crippen LogP contribution in [0.5, 0.6) is 0 Å². The molecule has 1 aliphatic carbocycles. The van der Waals surface area contributed by atoms with Gasteiger partial charge in [0.25, 0.3) is 0 Å². The fourth-order valence-electron chi connectivity index (χ4n) is 8.36. The zero-order chi connectivity index (χ0) is 36.6. The minimum atomic E-state index is -0.176. The average Bonchev–Trinajstić information content (AvgIpc) is 3.70. The van der Waals surface area contributed by atoms with E-state index in [1.165, 1.54) is 50.8 Å². The maximum Gasteiger partial charge on any atom is 0.209 e. The van der Waals surface area contributed by atoms with Crippen molar-refractivity contribution in [1.29, 1.82) is 0 Å². The van der Waals surface area contributed by atoms with Crippen molar-refractivity contribution < 1.29 is 4.58 Å². The van der Waals surface area contributed by atoms with Gasteiger partial charge in [-0.1, -0.05) is 97.8 Å². The topological polar surface area (TPSA) is 9.49 Å². The zero-order valence-corrected chi connectivity index (χ0v) is 32.6. The number of rotatable bonds is 9. The Morgan fingerprint density at radius 2 is 1.33 bits per heavy atom. The molecule has 0 radical (unpaired) electrons. The van der Waals surface area contributed by atoms with Gasteiger partial charge in [-0.25, -0.2) is 0 Å². The Morgan fingerprint density at radius 1 is 0.712 bits per heavy atom. The minimum Gasteiger partial charge on any atom is -0.344 e. The van der Waals surface area contributed by atoms with E-state index in [1.54, 1.807) is 0 Å². The van der Waals surface area contributed by atoms with E-state index in [-0.39, 0.29) is 10.8 Å². The first-order chi connectivity index (χ1) is 25.1. The van der Waals surface area contributed by atoms with Gasteiger partial charge in [-0.2, -0.15) is 4.58 Å². The van der Waals surface area contributed by atoms with Crippen LogP contribution in [0.2, 0.25) is 10.0 Å². The first-order valence-electron chi connectivity index (χ1n) is 18.5. The second-order valence-electron chi connectivity index (χ2n) is 14.8. The molecular formula is C47H48Cl2N3+. The highest BCUT2D eigenvalue weighted by atomic mass is 35.5. The quantitative estimate of drug-likeness (QED) is 0.159. The van der Waals surface area contributed by atoms with Crippen LogP contribution in [0.3, 0.4) is 0 Å². The van der Waals surface area contributed by atoms with Gasteiger partial charge in [-0.05, 0) is 118 Å². The number of halogens is 2. The molecule has 0 atom stereocenters. The lowest BCUT2D eigenvalue weighted by Gasteiger charge is -2.28. The van der Waals surface area contributed by atoms with E-state index >= 15 is 0 Å². The Balaban J connectivity index is 1.32. The van der Waals surface area contributed by atoms with Crippen LogP contribution >= 0.6 is 23.2 Å². The Bertz CT molecular complexity index is 2140. The van der Waals surface area contributed by atoms with Crippen LogP contribution in [0.25, 0.3) is 0 Å². The maximum absolute atomic E-state index is 6.52. The lowest BCUT2D eigenvalue weighted by Crippen LogP contribution is -2.27. The third kappa shape index (κ3) is 6.39. The van der Waals surface area contributed by atoms with Crippen molar-refractivity contribution in [2.24, 2.45) is 0 Å². The number of allylic oxidation sites excluding steroid dienone is 9. The fraction of sp³-hybridized carbons (Fsp3) is 0.255. The van der Waals surface area contributed by atoms with E-state index < -0.39 is 0 Å². The number of likely N-dealkylation sites (N-methyl/N-ethyl adjacent to an activating group) is 1. The molecule has 0 bridgehead atoms. The van der Waals surface area contributed by atoms with E-state index in [0.717, 1.165) is 47.4 Å². The number of nitrogens with zero attached hydrogens (tertiary/aromatic N) is 3. The van der Waals surface area contributed by atoms with Crippen molar-refractivity contribution in [3.8, 4) is 0 Å². The molecule has 0 aromatic heterocycles. The molecule has 3 nitrogen and oxygen atoms in total. The highest BCUT2D eigenvalue weighted by Gasteiger charge is 2.44. The van der Waals surface area contributed by atoms with Crippen molar-refractivity contribution >= 4 is 51.7 Å². The molecular weight excluding hydrogens is 677 g/mol. The highest BCUT2D eigenvalue weighted by molar-refractivity contribution is 6.31. The second kappa shape index (κ2) is 14.5. The summed E-state index contributed by atoms with van der Waals surface area (Å²) in [4.78, 5) is 4.84. The number of benzene rings is 4. The summed E-state index contributed by atoms with van der Waals surface area (Å²) in [5.74, 6) is 0.